The molecule has 166 valence electrons. The lowest BCUT2D eigenvalue weighted by Crippen LogP contribution is -2.25. The fourth-order valence-electron chi connectivity index (χ4n) is 4.45. The van der Waals surface area contributed by atoms with Crippen LogP contribution < -0.4 is 10.1 Å². The van der Waals surface area contributed by atoms with Crippen molar-refractivity contribution in [3.63, 3.8) is 0 Å². The number of anilines is 1. The molecule has 0 atom stereocenters. The first-order valence-electron chi connectivity index (χ1n) is 11.0. The normalized spacial score (nSPS) is 15.5. The van der Waals surface area contributed by atoms with Crippen molar-refractivity contribution in [2.24, 2.45) is 0 Å². The Morgan fingerprint density at radius 1 is 1.15 bits per heavy atom. The molecule has 1 aliphatic heterocycles. The molecule has 0 unspecified atom stereocenters. The number of ether oxygens (including phenoxy) is 1. The van der Waals surface area contributed by atoms with Gasteiger partial charge in [0, 0.05) is 18.3 Å². The van der Waals surface area contributed by atoms with Gasteiger partial charge in [0.05, 0.1) is 11.7 Å². The number of hydrogen-bond donors (Lipinski definition) is 1. The number of aromatic nitrogens is 5. The van der Waals surface area contributed by atoms with Crippen LogP contribution in [-0.4, -0.2) is 37.7 Å². The largest absolute Gasteiger partial charge is 0.462 e. The highest BCUT2D eigenvalue weighted by Crippen LogP contribution is 2.37. The van der Waals surface area contributed by atoms with Gasteiger partial charge in [0.1, 0.15) is 12.4 Å². The molecule has 1 aliphatic carbocycles. The van der Waals surface area contributed by atoms with Crippen LogP contribution in [0, 0.1) is 5.82 Å². The summed E-state index contributed by atoms with van der Waals surface area (Å²) in [6.45, 7) is 5.33. The number of rotatable bonds is 5. The molecule has 3 aromatic heterocycles. The van der Waals surface area contributed by atoms with E-state index < -0.39 is 5.82 Å². The van der Waals surface area contributed by atoms with Crippen molar-refractivity contribution in [1.82, 2.24) is 24.5 Å². The highest BCUT2D eigenvalue weighted by molar-refractivity contribution is 5.86. The van der Waals surface area contributed by atoms with Gasteiger partial charge in [-0.15, -0.1) is 0 Å². The van der Waals surface area contributed by atoms with Gasteiger partial charge in [-0.05, 0) is 49.4 Å². The van der Waals surface area contributed by atoms with Crippen molar-refractivity contribution >= 4 is 23.1 Å². The summed E-state index contributed by atoms with van der Waals surface area (Å²) < 4.78 is 21.7. The van der Waals surface area contributed by atoms with Crippen molar-refractivity contribution in [1.29, 1.82) is 0 Å². The highest BCUT2D eigenvalue weighted by atomic mass is 19.1. The summed E-state index contributed by atoms with van der Waals surface area (Å²) in [4.78, 5) is 18.1. The summed E-state index contributed by atoms with van der Waals surface area (Å²) in [5, 5.41) is 3.43. The third-order valence-electron chi connectivity index (χ3n) is 6.15. The van der Waals surface area contributed by atoms with Crippen LogP contribution in [0.15, 0.2) is 42.7 Å². The molecular formula is C25H23FN6O. The molecule has 6 rings (SSSR count). The number of pyridine rings is 1. The van der Waals surface area contributed by atoms with E-state index in [4.69, 9.17) is 14.7 Å². The minimum Gasteiger partial charge on any atom is -0.462 e. The summed E-state index contributed by atoms with van der Waals surface area (Å²) in [5.74, 6) is 0.560. The van der Waals surface area contributed by atoms with E-state index in [0.717, 1.165) is 12.8 Å². The molecule has 2 aliphatic rings. The summed E-state index contributed by atoms with van der Waals surface area (Å²) >= 11 is 0. The van der Waals surface area contributed by atoms with Gasteiger partial charge >= 0.3 is 0 Å². The lowest BCUT2D eigenvalue weighted by atomic mass is 10.0. The Balaban J connectivity index is 1.37. The lowest BCUT2D eigenvalue weighted by molar-refractivity contribution is 0.268. The molecule has 0 bridgehead atoms. The topological polar surface area (TPSA) is 77.8 Å². The van der Waals surface area contributed by atoms with Crippen molar-refractivity contribution < 1.29 is 9.13 Å². The Kier molecular flexibility index (Phi) is 4.43. The number of nitrogens with one attached hydrogen (secondary N) is 1. The molecule has 33 heavy (non-hydrogen) atoms. The molecule has 4 heterocycles. The summed E-state index contributed by atoms with van der Waals surface area (Å²) in [6, 6.07) is 8.52. The second kappa shape index (κ2) is 7.37. The van der Waals surface area contributed by atoms with E-state index in [1.807, 2.05) is 4.57 Å². The van der Waals surface area contributed by atoms with Crippen LogP contribution in [0.1, 0.15) is 30.5 Å². The number of nitrogens with zero attached hydrogens (tertiary/aromatic N) is 5. The maximum atomic E-state index is 13.9. The second-order valence-electron chi connectivity index (χ2n) is 9.11. The summed E-state index contributed by atoms with van der Waals surface area (Å²) in [5.41, 5.74) is 5.43. The van der Waals surface area contributed by atoms with E-state index >= 15 is 0 Å². The molecule has 0 radical (unpaired) electrons. The number of halogens is 1. The van der Waals surface area contributed by atoms with Crippen LogP contribution in [0.4, 0.5) is 10.2 Å². The van der Waals surface area contributed by atoms with Crippen LogP contribution in [-0.2, 0) is 18.4 Å². The van der Waals surface area contributed by atoms with Crippen molar-refractivity contribution in [2.45, 2.75) is 32.2 Å². The Hall–Kier alpha value is -3.81. The molecule has 0 fully saturated rings. The van der Waals surface area contributed by atoms with E-state index in [1.54, 1.807) is 6.20 Å². The molecule has 0 saturated carbocycles. The van der Waals surface area contributed by atoms with E-state index in [2.05, 4.69) is 59.5 Å². The number of fused-ring (bicyclic) bond motifs is 4. The monoisotopic (exact) mass is 442 g/mol. The quantitative estimate of drug-likeness (QED) is 0.494. The van der Waals surface area contributed by atoms with Gasteiger partial charge in [-0.25, -0.2) is 14.4 Å². The van der Waals surface area contributed by atoms with Gasteiger partial charge in [0.15, 0.2) is 22.8 Å². The molecule has 7 nitrogen and oxygen atoms in total. The van der Waals surface area contributed by atoms with Crippen molar-refractivity contribution in [3.05, 3.63) is 65.2 Å². The van der Waals surface area contributed by atoms with Crippen LogP contribution in [0.25, 0.3) is 28.6 Å². The van der Waals surface area contributed by atoms with Crippen molar-refractivity contribution in [2.75, 3.05) is 18.5 Å². The lowest BCUT2D eigenvalue weighted by Gasteiger charge is -2.18. The van der Waals surface area contributed by atoms with Crippen LogP contribution in [0.3, 0.4) is 0 Å². The summed E-state index contributed by atoms with van der Waals surface area (Å²) in [6.07, 6.45) is 8.94. The third kappa shape index (κ3) is 3.42. The molecule has 0 saturated heterocycles. The minimum absolute atomic E-state index is 0.300. The van der Waals surface area contributed by atoms with Gasteiger partial charge in [-0.3, -0.25) is 9.55 Å². The first-order valence-corrected chi connectivity index (χ1v) is 11.0. The van der Waals surface area contributed by atoms with E-state index in [1.165, 1.54) is 29.0 Å². The molecule has 1 aromatic carbocycles. The van der Waals surface area contributed by atoms with Crippen LogP contribution in [0.5, 0.6) is 6.01 Å². The Bertz CT molecular complexity index is 1420. The van der Waals surface area contributed by atoms with Crippen LogP contribution in [0.2, 0.25) is 0 Å². The highest BCUT2D eigenvalue weighted by Gasteiger charge is 2.36. The Morgan fingerprint density at radius 2 is 2.06 bits per heavy atom. The predicted octanol–water partition coefficient (Wildman–Crippen LogP) is 4.38. The van der Waals surface area contributed by atoms with Gasteiger partial charge < -0.3 is 10.1 Å². The average molecular weight is 442 g/mol. The smallest absolute Gasteiger partial charge is 0.299 e. The number of hydrogen-bond acceptors (Lipinski definition) is 6. The molecular weight excluding hydrogens is 419 g/mol. The standard InChI is InChI=1S/C25H23FN6O/c1-25(2)14-33-24-29-20-22(28-9-8-15-6-7-16-4-3-5-17(16)10-15)30-21(31-23(20)32(24)25)18-11-19(26)13-27-12-18/h3,5-7,10-13H,4,8-9,14H2,1-2H3,(H,28,30,31). The van der Waals surface area contributed by atoms with Gasteiger partial charge in [0.2, 0.25) is 0 Å². The van der Waals surface area contributed by atoms with E-state index in [-0.39, 0.29) is 5.54 Å². The number of allylic oxidation sites excluding steroid dienone is 1. The number of benzene rings is 1. The first-order chi connectivity index (χ1) is 16.0. The van der Waals surface area contributed by atoms with Crippen LogP contribution >= 0.6 is 0 Å². The molecule has 4 aromatic rings. The zero-order valence-corrected chi connectivity index (χ0v) is 18.5. The first kappa shape index (κ1) is 19.8. The predicted molar refractivity (Wildman–Crippen MR) is 125 cm³/mol. The Morgan fingerprint density at radius 3 is 2.94 bits per heavy atom. The molecule has 0 amide bonds. The molecule has 8 heteroatoms. The molecule has 0 spiro atoms. The fourth-order valence-corrected chi connectivity index (χ4v) is 4.45. The van der Waals surface area contributed by atoms with Gasteiger partial charge in [0.25, 0.3) is 6.01 Å². The SMILES string of the molecule is CC1(C)COc2nc3c(NCCc4ccc5c(c4)C=CC5)nc(-c4cncc(F)c4)nc3n21. The summed E-state index contributed by atoms with van der Waals surface area (Å²) in [7, 11) is 0. The van der Waals surface area contributed by atoms with Gasteiger partial charge in [-0.2, -0.15) is 4.98 Å². The fraction of sp³-hybridized carbons (Fsp3) is 0.280. The minimum atomic E-state index is -0.432. The maximum absolute atomic E-state index is 13.9. The zero-order valence-electron chi connectivity index (χ0n) is 18.5. The molecule has 1 N–H and O–H groups in total. The Labute approximate surface area is 190 Å². The number of imidazole rings is 1. The van der Waals surface area contributed by atoms with E-state index in [9.17, 15) is 4.39 Å². The second-order valence-corrected chi connectivity index (χ2v) is 9.11. The van der Waals surface area contributed by atoms with E-state index in [0.29, 0.717) is 47.5 Å². The zero-order chi connectivity index (χ0) is 22.6. The van der Waals surface area contributed by atoms with Gasteiger partial charge in [-0.1, -0.05) is 30.4 Å². The van der Waals surface area contributed by atoms with Crippen molar-refractivity contribution in [3.8, 4) is 17.4 Å². The average Bonchev–Trinajstić information content (AvgIpc) is 3.49. The third-order valence-corrected chi connectivity index (χ3v) is 6.15. The maximum Gasteiger partial charge on any atom is 0.299 e.